The van der Waals surface area contributed by atoms with E-state index in [1.165, 1.54) is 64.6 Å². The number of ether oxygens (including phenoxy) is 2. The third-order valence-electron chi connectivity index (χ3n) is 6.74. The molecule has 0 radical (unpaired) electrons. The number of hydrogen-bond acceptors (Lipinski definition) is 2. The molecule has 2 nitrogen and oxygen atoms in total. The maximum Gasteiger partial charge on any atom is 0.119 e. The van der Waals surface area contributed by atoms with Crippen molar-refractivity contribution >= 4 is 64.6 Å². The molecule has 0 spiro atoms. The first-order chi connectivity index (χ1) is 14.8. The van der Waals surface area contributed by atoms with E-state index in [9.17, 15) is 0 Å². The average molecular weight is 386 g/mol. The Hall–Kier alpha value is -3.78. The zero-order valence-corrected chi connectivity index (χ0v) is 16.7. The van der Waals surface area contributed by atoms with Gasteiger partial charge in [-0.3, -0.25) is 0 Å². The SMILES string of the molecule is COc1ccc2c(c1)c1cccc3c1c2c1cccc2c4cc(OC)ccc4c3c21. The smallest absolute Gasteiger partial charge is 0.119 e. The van der Waals surface area contributed by atoms with Gasteiger partial charge < -0.3 is 9.47 Å². The van der Waals surface area contributed by atoms with Crippen LogP contribution in [-0.4, -0.2) is 14.2 Å². The molecule has 7 rings (SSSR count). The molecule has 0 amide bonds. The van der Waals surface area contributed by atoms with Crippen molar-refractivity contribution in [3.05, 3.63) is 72.8 Å². The van der Waals surface area contributed by atoms with Crippen molar-refractivity contribution in [2.45, 2.75) is 0 Å². The summed E-state index contributed by atoms with van der Waals surface area (Å²) in [6.45, 7) is 0. The van der Waals surface area contributed by atoms with Gasteiger partial charge in [-0.2, -0.15) is 0 Å². The molecule has 0 aliphatic rings. The average Bonchev–Trinajstić information content (AvgIpc) is 3.31. The number of hydrogen-bond donors (Lipinski definition) is 0. The van der Waals surface area contributed by atoms with E-state index in [1.54, 1.807) is 14.2 Å². The third-order valence-corrected chi connectivity index (χ3v) is 6.74. The molecule has 0 aliphatic heterocycles. The van der Waals surface area contributed by atoms with Gasteiger partial charge >= 0.3 is 0 Å². The van der Waals surface area contributed by atoms with Crippen LogP contribution in [0.5, 0.6) is 11.5 Å². The van der Waals surface area contributed by atoms with E-state index in [0.29, 0.717) is 0 Å². The van der Waals surface area contributed by atoms with Gasteiger partial charge in [-0.05, 0) is 88.9 Å². The molecule has 2 heteroatoms. The van der Waals surface area contributed by atoms with Crippen molar-refractivity contribution < 1.29 is 9.47 Å². The number of benzene rings is 5. The van der Waals surface area contributed by atoms with Crippen LogP contribution in [0.25, 0.3) is 64.6 Å². The van der Waals surface area contributed by atoms with E-state index in [-0.39, 0.29) is 0 Å². The van der Waals surface area contributed by atoms with Gasteiger partial charge in [0, 0.05) is 0 Å². The summed E-state index contributed by atoms with van der Waals surface area (Å²) >= 11 is 0. The molecule has 0 saturated heterocycles. The summed E-state index contributed by atoms with van der Waals surface area (Å²) in [4.78, 5) is 0. The van der Waals surface area contributed by atoms with E-state index < -0.39 is 0 Å². The highest BCUT2D eigenvalue weighted by Crippen LogP contribution is 2.50. The van der Waals surface area contributed by atoms with E-state index >= 15 is 0 Å². The van der Waals surface area contributed by atoms with Crippen molar-refractivity contribution in [1.82, 2.24) is 0 Å². The lowest BCUT2D eigenvalue weighted by Crippen LogP contribution is -1.80. The van der Waals surface area contributed by atoms with Crippen LogP contribution in [0.2, 0.25) is 0 Å². The Balaban J connectivity index is 1.86. The minimum atomic E-state index is 0.897. The second-order valence-electron chi connectivity index (χ2n) is 8.03. The van der Waals surface area contributed by atoms with Crippen molar-refractivity contribution in [3.63, 3.8) is 0 Å². The highest BCUT2D eigenvalue weighted by molar-refractivity contribution is 6.47. The number of methoxy groups -OCH3 is 2. The lowest BCUT2D eigenvalue weighted by atomic mass is 9.95. The Morgan fingerprint density at radius 3 is 1.17 bits per heavy atom. The van der Waals surface area contributed by atoms with Crippen LogP contribution >= 0.6 is 0 Å². The lowest BCUT2D eigenvalue weighted by molar-refractivity contribution is 0.415. The van der Waals surface area contributed by atoms with Gasteiger partial charge in [0.15, 0.2) is 0 Å². The summed E-state index contributed by atoms with van der Waals surface area (Å²) in [5, 5.41) is 15.7. The van der Waals surface area contributed by atoms with E-state index in [0.717, 1.165) is 11.5 Å². The minimum absolute atomic E-state index is 0.897. The van der Waals surface area contributed by atoms with Crippen LogP contribution in [0, 0.1) is 0 Å². The fourth-order valence-electron chi connectivity index (χ4n) is 5.52. The molecule has 0 unspecified atom stereocenters. The Morgan fingerprint density at radius 1 is 0.400 bits per heavy atom. The highest BCUT2D eigenvalue weighted by Gasteiger charge is 2.21. The first kappa shape index (κ1) is 16.1. The summed E-state index contributed by atoms with van der Waals surface area (Å²) in [6, 6.07) is 26.3. The largest absolute Gasteiger partial charge is 0.497 e. The summed E-state index contributed by atoms with van der Waals surface area (Å²) in [7, 11) is 3.46. The van der Waals surface area contributed by atoms with Crippen LogP contribution in [0.15, 0.2) is 72.8 Å². The van der Waals surface area contributed by atoms with E-state index in [1.807, 2.05) is 0 Å². The number of fused-ring (bicyclic) bond motifs is 8. The maximum absolute atomic E-state index is 5.53. The summed E-state index contributed by atoms with van der Waals surface area (Å²) < 4.78 is 11.1. The van der Waals surface area contributed by atoms with Crippen LogP contribution in [-0.2, 0) is 0 Å². The molecule has 0 saturated carbocycles. The van der Waals surface area contributed by atoms with Gasteiger partial charge in [-0.15, -0.1) is 0 Å². The van der Waals surface area contributed by atoms with Gasteiger partial charge in [0.05, 0.1) is 14.2 Å². The molecular formula is C28H18O2. The monoisotopic (exact) mass is 386 g/mol. The van der Waals surface area contributed by atoms with Crippen molar-refractivity contribution in [1.29, 1.82) is 0 Å². The van der Waals surface area contributed by atoms with Gasteiger partial charge in [0.2, 0.25) is 0 Å². The predicted molar refractivity (Wildman–Crippen MR) is 127 cm³/mol. The van der Waals surface area contributed by atoms with Crippen molar-refractivity contribution in [2.75, 3.05) is 14.2 Å². The Labute approximate surface area is 172 Å². The fraction of sp³-hybridized carbons (Fsp3) is 0.0714. The molecule has 0 atom stereocenters. The lowest BCUT2D eigenvalue weighted by Gasteiger charge is -2.07. The van der Waals surface area contributed by atoms with Gasteiger partial charge in [-0.25, -0.2) is 0 Å². The third kappa shape index (κ3) is 1.76. The molecule has 0 aromatic heterocycles. The van der Waals surface area contributed by atoms with Gasteiger partial charge in [-0.1, -0.05) is 48.5 Å². The Bertz CT molecular complexity index is 1630. The molecule has 0 bridgehead atoms. The number of rotatable bonds is 2. The topological polar surface area (TPSA) is 18.5 Å². The van der Waals surface area contributed by atoms with Crippen molar-refractivity contribution in [2.24, 2.45) is 0 Å². The van der Waals surface area contributed by atoms with E-state index in [2.05, 4.69) is 72.8 Å². The minimum Gasteiger partial charge on any atom is -0.497 e. The first-order valence-corrected chi connectivity index (χ1v) is 10.2. The molecule has 7 aromatic carbocycles. The Morgan fingerprint density at radius 2 is 0.767 bits per heavy atom. The van der Waals surface area contributed by atoms with E-state index in [4.69, 9.17) is 9.47 Å². The second kappa shape index (κ2) is 5.43. The fourth-order valence-corrected chi connectivity index (χ4v) is 5.52. The van der Waals surface area contributed by atoms with Crippen LogP contribution in [0.1, 0.15) is 0 Å². The Kier molecular flexibility index (Phi) is 2.91. The van der Waals surface area contributed by atoms with Gasteiger partial charge in [0.25, 0.3) is 0 Å². The predicted octanol–water partition coefficient (Wildman–Crippen LogP) is 7.50. The quantitative estimate of drug-likeness (QED) is 0.286. The summed E-state index contributed by atoms with van der Waals surface area (Å²) in [5.74, 6) is 1.79. The summed E-state index contributed by atoms with van der Waals surface area (Å²) in [5.41, 5.74) is 0. The molecule has 30 heavy (non-hydrogen) atoms. The standard InChI is InChI=1S/C28H18O2/c1-29-15-9-11-19-23(13-15)17-5-3-7-21-25(17)27(19)22-8-4-6-18-24-14-16(30-2)10-12-20(24)28(21)26(18)22/h3-14H,1-2H3. The molecule has 0 fully saturated rings. The highest BCUT2D eigenvalue weighted by atomic mass is 16.5. The molecule has 7 aromatic rings. The zero-order valence-electron chi connectivity index (χ0n) is 16.7. The molecule has 0 heterocycles. The van der Waals surface area contributed by atoms with Crippen molar-refractivity contribution in [3.8, 4) is 11.5 Å². The molecular weight excluding hydrogens is 368 g/mol. The first-order valence-electron chi connectivity index (χ1n) is 10.2. The second-order valence-corrected chi connectivity index (χ2v) is 8.03. The molecule has 0 aliphatic carbocycles. The normalized spacial score (nSPS) is 12.3. The summed E-state index contributed by atoms with van der Waals surface area (Å²) in [6.07, 6.45) is 0. The molecule has 142 valence electrons. The zero-order chi connectivity index (χ0) is 20.0. The maximum atomic E-state index is 5.53. The van der Waals surface area contributed by atoms with Crippen LogP contribution in [0.3, 0.4) is 0 Å². The van der Waals surface area contributed by atoms with Crippen LogP contribution in [0.4, 0.5) is 0 Å². The van der Waals surface area contributed by atoms with Gasteiger partial charge in [0.1, 0.15) is 11.5 Å². The van der Waals surface area contributed by atoms with Crippen LogP contribution < -0.4 is 9.47 Å². The molecule has 0 N–H and O–H groups in total.